The number of hydrogen-bond acceptors (Lipinski definition) is 4. The molecule has 0 unspecified atom stereocenters. The van der Waals surface area contributed by atoms with Crippen molar-refractivity contribution in [3.63, 3.8) is 0 Å². The van der Waals surface area contributed by atoms with Gasteiger partial charge < -0.3 is 9.64 Å². The second-order valence-corrected chi connectivity index (χ2v) is 9.18. The van der Waals surface area contributed by atoms with Gasteiger partial charge in [-0.2, -0.15) is 4.31 Å². The lowest BCUT2D eigenvalue weighted by molar-refractivity contribution is -0.123. The summed E-state index contributed by atoms with van der Waals surface area (Å²) in [5.41, 5.74) is 2.14. The van der Waals surface area contributed by atoms with Crippen molar-refractivity contribution >= 4 is 21.6 Å². The third-order valence-electron chi connectivity index (χ3n) is 5.58. The summed E-state index contributed by atoms with van der Waals surface area (Å²) in [5, 5.41) is 0. The lowest BCUT2D eigenvalue weighted by Crippen LogP contribution is -2.46. The van der Waals surface area contributed by atoms with E-state index < -0.39 is 10.0 Å². The van der Waals surface area contributed by atoms with Crippen molar-refractivity contribution in [1.82, 2.24) is 4.31 Å². The van der Waals surface area contributed by atoms with Crippen LogP contribution in [0, 0.1) is 5.92 Å². The van der Waals surface area contributed by atoms with E-state index in [1.54, 1.807) is 31.4 Å². The van der Waals surface area contributed by atoms with Crippen molar-refractivity contribution in [2.75, 3.05) is 31.6 Å². The Balaban J connectivity index is 1.52. The molecule has 6 nitrogen and oxygen atoms in total. The van der Waals surface area contributed by atoms with Crippen LogP contribution in [0.1, 0.15) is 18.4 Å². The standard InChI is InChI=1S/C21H24N2O4S/c1-27-18-8-10-19(11-9-18)28(25,26)22-13-4-6-17(15-22)21(24)23-14-12-16-5-2-3-7-20(16)23/h2-3,5,7-11,17H,4,6,12-15H2,1H3/t17-/m1/s1. The molecule has 0 N–H and O–H groups in total. The highest BCUT2D eigenvalue weighted by Gasteiger charge is 2.36. The molecular weight excluding hydrogens is 376 g/mol. The second kappa shape index (κ2) is 7.56. The number of carbonyl (C=O) groups is 1. The summed E-state index contributed by atoms with van der Waals surface area (Å²) >= 11 is 0. The quantitative estimate of drug-likeness (QED) is 0.791. The zero-order valence-corrected chi connectivity index (χ0v) is 16.7. The molecule has 2 aliphatic rings. The van der Waals surface area contributed by atoms with Gasteiger partial charge in [0.15, 0.2) is 0 Å². The SMILES string of the molecule is COc1ccc(S(=O)(=O)N2CCC[C@@H](C(=O)N3CCc4ccccc43)C2)cc1. The van der Waals surface area contributed by atoms with Crippen molar-refractivity contribution in [2.24, 2.45) is 5.92 Å². The molecule has 4 rings (SSSR count). The molecule has 7 heteroatoms. The van der Waals surface area contributed by atoms with Gasteiger partial charge in [-0.15, -0.1) is 0 Å². The normalized spacial score (nSPS) is 20.0. The molecule has 28 heavy (non-hydrogen) atoms. The van der Waals surface area contributed by atoms with Gasteiger partial charge in [0.1, 0.15) is 5.75 Å². The average molecular weight is 401 g/mol. The zero-order valence-electron chi connectivity index (χ0n) is 15.9. The van der Waals surface area contributed by atoms with Gasteiger partial charge in [0.05, 0.1) is 17.9 Å². The number of hydrogen-bond donors (Lipinski definition) is 0. The topological polar surface area (TPSA) is 66.9 Å². The van der Waals surface area contributed by atoms with Crippen LogP contribution in [-0.4, -0.2) is 45.4 Å². The maximum absolute atomic E-state index is 13.1. The van der Waals surface area contributed by atoms with E-state index in [1.165, 1.54) is 9.87 Å². The number of para-hydroxylation sites is 1. The predicted molar refractivity (Wildman–Crippen MR) is 107 cm³/mol. The van der Waals surface area contributed by atoms with Gasteiger partial charge in [-0.1, -0.05) is 18.2 Å². The number of anilines is 1. The minimum atomic E-state index is -3.63. The molecule has 2 heterocycles. The van der Waals surface area contributed by atoms with Crippen LogP contribution in [0.2, 0.25) is 0 Å². The zero-order chi connectivity index (χ0) is 19.7. The van der Waals surface area contributed by atoms with Gasteiger partial charge in [-0.3, -0.25) is 4.79 Å². The van der Waals surface area contributed by atoms with Gasteiger partial charge in [-0.25, -0.2) is 8.42 Å². The highest BCUT2D eigenvalue weighted by Crippen LogP contribution is 2.32. The highest BCUT2D eigenvalue weighted by atomic mass is 32.2. The van der Waals surface area contributed by atoms with Crippen LogP contribution in [0.25, 0.3) is 0 Å². The van der Waals surface area contributed by atoms with Gasteiger partial charge in [0, 0.05) is 25.3 Å². The molecule has 0 aliphatic carbocycles. The Bertz CT molecular complexity index is 972. The number of piperidine rings is 1. The molecule has 0 radical (unpaired) electrons. The molecular formula is C21H24N2O4S. The Morgan fingerprint density at radius 1 is 1.07 bits per heavy atom. The summed E-state index contributed by atoms with van der Waals surface area (Å²) in [6, 6.07) is 14.3. The smallest absolute Gasteiger partial charge is 0.243 e. The molecule has 1 saturated heterocycles. The van der Waals surface area contributed by atoms with Crippen molar-refractivity contribution in [3.05, 3.63) is 54.1 Å². The molecule has 1 amide bonds. The first-order valence-electron chi connectivity index (χ1n) is 9.54. The van der Waals surface area contributed by atoms with Crippen molar-refractivity contribution < 1.29 is 17.9 Å². The lowest BCUT2D eigenvalue weighted by atomic mass is 9.98. The first-order valence-corrected chi connectivity index (χ1v) is 11.0. The number of nitrogens with zero attached hydrogens (tertiary/aromatic N) is 2. The molecule has 0 bridgehead atoms. The number of fused-ring (bicyclic) bond motifs is 1. The minimum absolute atomic E-state index is 0.0274. The van der Waals surface area contributed by atoms with E-state index in [1.807, 2.05) is 29.2 Å². The van der Waals surface area contributed by atoms with E-state index in [-0.39, 0.29) is 23.3 Å². The van der Waals surface area contributed by atoms with Crippen LogP contribution in [0.4, 0.5) is 5.69 Å². The average Bonchev–Trinajstić information content (AvgIpc) is 3.17. The third-order valence-corrected chi connectivity index (χ3v) is 7.46. The monoisotopic (exact) mass is 400 g/mol. The minimum Gasteiger partial charge on any atom is -0.497 e. The maximum Gasteiger partial charge on any atom is 0.243 e. The summed E-state index contributed by atoms with van der Waals surface area (Å²) in [5.74, 6) is 0.325. The molecule has 1 atom stereocenters. The fraction of sp³-hybridized carbons (Fsp3) is 0.381. The Labute approximate surface area is 165 Å². The van der Waals surface area contributed by atoms with Crippen molar-refractivity contribution in [1.29, 1.82) is 0 Å². The summed E-state index contributed by atoms with van der Waals surface area (Å²) in [4.78, 5) is 15.2. The molecule has 0 spiro atoms. The molecule has 1 fully saturated rings. The maximum atomic E-state index is 13.1. The molecule has 0 saturated carbocycles. The molecule has 148 valence electrons. The van der Waals surface area contributed by atoms with Gasteiger partial charge in [0.2, 0.25) is 15.9 Å². The summed E-state index contributed by atoms with van der Waals surface area (Å²) in [6.07, 6.45) is 2.25. The number of rotatable bonds is 4. The van der Waals surface area contributed by atoms with Gasteiger partial charge in [0.25, 0.3) is 0 Å². The predicted octanol–water partition coefficient (Wildman–Crippen LogP) is 2.69. The molecule has 2 aromatic rings. The Hall–Kier alpha value is -2.38. The number of sulfonamides is 1. The Kier molecular flexibility index (Phi) is 5.12. The molecule has 2 aromatic carbocycles. The number of ether oxygens (including phenoxy) is 1. The van der Waals surface area contributed by atoms with Crippen LogP contribution in [-0.2, 0) is 21.2 Å². The number of benzene rings is 2. The third kappa shape index (κ3) is 3.40. The first kappa shape index (κ1) is 19.0. The van der Waals surface area contributed by atoms with Gasteiger partial charge in [-0.05, 0) is 55.2 Å². The summed E-state index contributed by atoms with van der Waals surface area (Å²) in [6.45, 7) is 1.33. The summed E-state index contributed by atoms with van der Waals surface area (Å²) in [7, 11) is -2.09. The highest BCUT2D eigenvalue weighted by molar-refractivity contribution is 7.89. The van der Waals surface area contributed by atoms with Crippen molar-refractivity contribution in [3.8, 4) is 5.75 Å². The first-order chi connectivity index (χ1) is 13.5. The van der Waals surface area contributed by atoms with E-state index in [4.69, 9.17) is 4.74 Å². The van der Waals surface area contributed by atoms with E-state index in [0.717, 1.165) is 12.1 Å². The van der Waals surface area contributed by atoms with Gasteiger partial charge >= 0.3 is 0 Å². The van der Waals surface area contributed by atoms with Crippen LogP contribution in [0.5, 0.6) is 5.75 Å². The largest absolute Gasteiger partial charge is 0.497 e. The van der Waals surface area contributed by atoms with E-state index in [9.17, 15) is 13.2 Å². The van der Waals surface area contributed by atoms with Crippen LogP contribution < -0.4 is 9.64 Å². The van der Waals surface area contributed by atoms with E-state index in [2.05, 4.69) is 0 Å². The van der Waals surface area contributed by atoms with E-state index >= 15 is 0 Å². The fourth-order valence-electron chi connectivity index (χ4n) is 4.05. The fourth-order valence-corrected chi connectivity index (χ4v) is 5.57. The molecule has 0 aromatic heterocycles. The van der Waals surface area contributed by atoms with E-state index in [0.29, 0.717) is 31.7 Å². The number of methoxy groups -OCH3 is 1. The second-order valence-electron chi connectivity index (χ2n) is 7.25. The number of carbonyl (C=O) groups excluding carboxylic acids is 1. The van der Waals surface area contributed by atoms with Crippen LogP contribution in [0.3, 0.4) is 0 Å². The Morgan fingerprint density at radius 3 is 2.57 bits per heavy atom. The van der Waals surface area contributed by atoms with Crippen molar-refractivity contribution in [2.45, 2.75) is 24.2 Å². The molecule has 2 aliphatic heterocycles. The summed E-state index contributed by atoms with van der Waals surface area (Å²) < 4.78 is 32.6. The number of amides is 1. The van der Waals surface area contributed by atoms with Crippen LogP contribution >= 0.6 is 0 Å². The lowest BCUT2D eigenvalue weighted by Gasteiger charge is -2.33. The Morgan fingerprint density at radius 2 is 1.82 bits per heavy atom. The van der Waals surface area contributed by atoms with Crippen LogP contribution in [0.15, 0.2) is 53.4 Å².